The van der Waals surface area contributed by atoms with E-state index in [0.29, 0.717) is 15.1 Å². The Kier molecular flexibility index (Phi) is 4.07. The lowest BCUT2D eigenvalue weighted by Gasteiger charge is -2.09. The van der Waals surface area contributed by atoms with Crippen LogP contribution in [0.3, 0.4) is 0 Å². The Morgan fingerprint density at radius 2 is 1.67 bits per heavy atom. The zero-order chi connectivity index (χ0) is 11.6. The fraction of sp³-hybridized carbons (Fsp3) is 0.250. The van der Waals surface area contributed by atoms with E-state index in [1.807, 2.05) is 22.6 Å². The summed E-state index contributed by atoms with van der Waals surface area (Å²) in [4.78, 5) is 0.0161. The molecular formula is C8H8ClIO4S. The van der Waals surface area contributed by atoms with E-state index in [4.69, 9.17) is 20.2 Å². The molecule has 7 heteroatoms. The lowest BCUT2D eigenvalue weighted by atomic mass is 10.3. The van der Waals surface area contributed by atoms with E-state index in [2.05, 4.69) is 0 Å². The van der Waals surface area contributed by atoms with Crippen LogP contribution in [0, 0.1) is 3.57 Å². The third-order valence-corrected chi connectivity index (χ3v) is 4.32. The van der Waals surface area contributed by atoms with Crippen LogP contribution in [0.15, 0.2) is 17.0 Å². The van der Waals surface area contributed by atoms with Gasteiger partial charge in [0.25, 0.3) is 9.05 Å². The van der Waals surface area contributed by atoms with Crippen molar-refractivity contribution in [3.8, 4) is 11.5 Å². The van der Waals surface area contributed by atoms with Gasteiger partial charge < -0.3 is 9.47 Å². The van der Waals surface area contributed by atoms with E-state index in [9.17, 15) is 8.42 Å². The van der Waals surface area contributed by atoms with Gasteiger partial charge in [0.05, 0.1) is 19.1 Å². The van der Waals surface area contributed by atoms with Gasteiger partial charge in [-0.3, -0.25) is 0 Å². The molecule has 0 saturated carbocycles. The van der Waals surface area contributed by atoms with Gasteiger partial charge in [-0.25, -0.2) is 8.42 Å². The fourth-order valence-corrected chi connectivity index (χ4v) is 3.64. The number of ether oxygens (including phenoxy) is 2. The first-order valence-electron chi connectivity index (χ1n) is 3.76. The van der Waals surface area contributed by atoms with E-state index in [1.165, 1.54) is 20.3 Å². The number of methoxy groups -OCH3 is 2. The number of hydrogen-bond donors (Lipinski definition) is 0. The molecule has 84 valence electrons. The molecule has 0 bridgehead atoms. The molecule has 0 saturated heterocycles. The van der Waals surface area contributed by atoms with Crippen LogP contribution in [0.4, 0.5) is 0 Å². The van der Waals surface area contributed by atoms with Crippen molar-refractivity contribution in [3.63, 3.8) is 0 Å². The molecule has 0 aliphatic heterocycles. The second kappa shape index (κ2) is 4.75. The molecule has 0 aliphatic carbocycles. The number of halogens is 2. The van der Waals surface area contributed by atoms with Gasteiger partial charge in [-0.05, 0) is 28.7 Å². The van der Waals surface area contributed by atoms with Crippen LogP contribution in [0.5, 0.6) is 11.5 Å². The minimum Gasteiger partial charge on any atom is -0.493 e. The van der Waals surface area contributed by atoms with Gasteiger partial charge >= 0.3 is 0 Å². The molecule has 0 N–H and O–H groups in total. The predicted octanol–water partition coefficient (Wildman–Crippen LogP) is 2.24. The third-order valence-electron chi connectivity index (χ3n) is 1.70. The highest BCUT2D eigenvalue weighted by molar-refractivity contribution is 14.1. The first-order chi connectivity index (χ1) is 6.90. The summed E-state index contributed by atoms with van der Waals surface area (Å²) in [5.41, 5.74) is 0. The molecule has 0 atom stereocenters. The molecule has 0 fully saturated rings. The normalized spacial score (nSPS) is 11.2. The molecule has 4 nitrogen and oxygen atoms in total. The van der Waals surface area contributed by atoms with E-state index in [-0.39, 0.29) is 4.90 Å². The van der Waals surface area contributed by atoms with Gasteiger partial charge in [0.2, 0.25) is 0 Å². The molecule has 1 aromatic carbocycles. The van der Waals surface area contributed by atoms with Crippen molar-refractivity contribution in [1.29, 1.82) is 0 Å². The van der Waals surface area contributed by atoms with E-state index < -0.39 is 9.05 Å². The van der Waals surface area contributed by atoms with Crippen molar-refractivity contribution in [2.24, 2.45) is 0 Å². The summed E-state index contributed by atoms with van der Waals surface area (Å²) in [6, 6.07) is 2.89. The van der Waals surface area contributed by atoms with Gasteiger partial charge in [-0.15, -0.1) is 0 Å². The maximum absolute atomic E-state index is 11.2. The van der Waals surface area contributed by atoms with Gasteiger partial charge in [0.1, 0.15) is 0 Å². The first-order valence-corrected chi connectivity index (χ1v) is 7.15. The van der Waals surface area contributed by atoms with Crippen LogP contribution in [0.1, 0.15) is 0 Å². The average molecular weight is 363 g/mol. The van der Waals surface area contributed by atoms with Crippen LogP contribution < -0.4 is 9.47 Å². The van der Waals surface area contributed by atoms with Crippen LogP contribution in [-0.2, 0) is 9.05 Å². The van der Waals surface area contributed by atoms with Crippen molar-refractivity contribution in [2.75, 3.05) is 14.2 Å². The van der Waals surface area contributed by atoms with Crippen molar-refractivity contribution >= 4 is 42.3 Å². The Balaban J connectivity index is 3.46. The Labute approximate surface area is 106 Å². The average Bonchev–Trinajstić information content (AvgIpc) is 2.15. The zero-order valence-electron chi connectivity index (χ0n) is 7.95. The summed E-state index contributed by atoms with van der Waals surface area (Å²) in [7, 11) is 4.40. The van der Waals surface area contributed by atoms with Gasteiger partial charge in [0, 0.05) is 20.3 Å². The summed E-state index contributed by atoms with van der Waals surface area (Å²) in [6.45, 7) is 0. The standard InChI is InChI=1S/C8H8ClIO4S/c1-13-6-3-5(10)8(15(9,11)12)4-7(6)14-2/h3-4H,1-2H3. The largest absolute Gasteiger partial charge is 0.493 e. The summed E-state index contributed by atoms with van der Waals surface area (Å²) < 4.78 is 32.9. The molecule has 0 aromatic heterocycles. The highest BCUT2D eigenvalue weighted by Gasteiger charge is 2.18. The summed E-state index contributed by atoms with van der Waals surface area (Å²) in [5, 5.41) is 0. The maximum atomic E-state index is 11.2. The Morgan fingerprint density at radius 1 is 1.20 bits per heavy atom. The van der Waals surface area contributed by atoms with Gasteiger partial charge in [-0.1, -0.05) is 0 Å². The number of rotatable bonds is 3. The summed E-state index contributed by atoms with van der Waals surface area (Å²) >= 11 is 1.87. The molecule has 0 radical (unpaired) electrons. The summed E-state index contributed by atoms with van der Waals surface area (Å²) in [5.74, 6) is 0.795. The highest BCUT2D eigenvalue weighted by Crippen LogP contribution is 2.34. The summed E-state index contributed by atoms with van der Waals surface area (Å²) in [6.07, 6.45) is 0. The van der Waals surface area contributed by atoms with Crippen molar-refractivity contribution in [3.05, 3.63) is 15.7 Å². The minimum absolute atomic E-state index is 0.0161. The Bertz CT molecular complexity index is 472. The Morgan fingerprint density at radius 3 is 2.07 bits per heavy atom. The SMILES string of the molecule is COc1cc(I)c(S(=O)(=O)Cl)cc1OC. The van der Waals surface area contributed by atoms with Crippen LogP contribution in [0.25, 0.3) is 0 Å². The lowest BCUT2D eigenvalue weighted by molar-refractivity contribution is 0.353. The minimum atomic E-state index is -3.76. The molecule has 0 heterocycles. The van der Waals surface area contributed by atoms with E-state index >= 15 is 0 Å². The maximum Gasteiger partial charge on any atom is 0.262 e. The van der Waals surface area contributed by atoms with Gasteiger partial charge in [0.15, 0.2) is 11.5 Å². The fourth-order valence-electron chi connectivity index (χ4n) is 1.02. The highest BCUT2D eigenvalue weighted by atomic mass is 127. The molecule has 0 unspecified atom stereocenters. The van der Waals surface area contributed by atoms with Crippen LogP contribution in [0.2, 0.25) is 0 Å². The Hall–Kier alpha value is -0.210. The monoisotopic (exact) mass is 362 g/mol. The number of benzene rings is 1. The molecule has 0 spiro atoms. The smallest absolute Gasteiger partial charge is 0.262 e. The number of hydrogen-bond acceptors (Lipinski definition) is 4. The topological polar surface area (TPSA) is 52.6 Å². The van der Waals surface area contributed by atoms with Crippen molar-refractivity contribution in [2.45, 2.75) is 4.90 Å². The van der Waals surface area contributed by atoms with Crippen LogP contribution >= 0.6 is 33.3 Å². The molecule has 15 heavy (non-hydrogen) atoms. The van der Waals surface area contributed by atoms with Crippen molar-refractivity contribution in [1.82, 2.24) is 0 Å². The molecule has 0 aliphatic rings. The van der Waals surface area contributed by atoms with Crippen molar-refractivity contribution < 1.29 is 17.9 Å². The van der Waals surface area contributed by atoms with Gasteiger partial charge in [-0.2, -0.15) is 0 Å². The molecule has 1 rings (SSSR count). The van der Waals surface area contributed by atoms with Crippen LogP contribution in [-0.4, -0.2) is 22.6 Å². The van der Waals surface area contributed by atoms with E-state index in [1.54, 1.807) is 6.07 Å². The second-order valence-corrected chi connectivity index (χ2v) is 6.27. The zero-order valence-corrected chi connectivity index (χ0v) is 11.7. The predicted molar refractivity (Wildman–Crippen MR) is 65.3 cm³/mol. The second-order valence-electron chi connectivity index (χ2n) is 2.58. The molecule has 1 aromatic rings. The quantitative estimate of drug-likeness (QED) is 0.611. The third kappa shape index (κ3) is 2.88. The molecular weight excluding hydrogens is 355 g/mol. The lowest BCUT2D eigenvalue weighted by Crippen LogP contribution is -1.98. The first kappa shape index (κ1) is 12.9. The molecule has 0 amide bonds. The van der Waals surface area contributed by atoms with E-state index in [0.717, 1.165) is 0 Å².